The second-order valence-electron chi connectivity index (χ2n) is 6.32. The normalized spacial score (nSPS) is 13.6. The Bertz CT molecular complexity index is 835. The summed E-state index contributed by atoms with van der Waals surface area (Å²) >= 11 is 0. The third-order valence-corrected chi connectivity index (χ3v) is 4.45. The van der Waals surface area contributed by atoms with Gasteiger partial charge in [0, 0.05) is 30.5 Å². The molecule has 2 heterocycles. The molecule has 8 heteroatoms. The highest BCUT2D eigenvalue weighted by molar-refractivity contribution is 6.05. The van der Waals surface area contributed by atoms with Gasteiger partial charge >= 0.3 is 12.5 Å². The fourth-order valence-corrected chi connectivity index (χ4v) is 3.29. The fourth-order valence-electron chi connectivity index (χ4n) is 3.29. The van der Waals surface area contributed by atoms with Crippen molar-refractivity contribution in [3.63, 3.8) is 0 Å². The van der Waals surface area contributed by atoms with E-state index in [0.717, 1.165) is 25.1 Å². The van der Waals surface area contributed by atoms with E-state index in [4.69, 9.17) is 4.74 Å². The number of nitrogens with zero attached hydrogens (tertiary/aromatic N) is 3. The fraction of sp³-hybridized carbons (Fsp3) is 0.421. The number of halogens is 2. The first-order valence-corrected chi connectivity index (χ1v) is 8.87. The van der Waals surface area contributed by atoms with Crippen molar-refractivity contribution in [1.29, 1.82) is 0 Å². The maximum Gasteiger partial charge on any atom is 0.333 e. The molecule has 0 fully saturated rings. The number of ketones is 1. The number of benzene rings is 1. The van der Waals surface area contributed by atoms with Gasteiger partial charge in [-0.3, -0.25) is 9.59 Å². The Morgan fingerprint density at radius 2 is 2.07 bits per heavy atom. The topological polar surface area (TPSA) is 64.4 Å². The lowest BCUT2D eigenvalue weighted by molar-refractivity contribution is -0.141. The van der Waals surface area contributed by atoms with Gasteiger partial charge in [0.25, 0.3) is 0 Å². The first-order valence-electron chi connectivity index (χ1n) is 8.87. The Labute approximate surface area is 155 Å². The number of alkyl halides is 2. The lowest BCUT2D eigenvalue weighted by Crippen LogP contribution is -2.29. The number of fused-ring (bicyclic) bond motifs is 1. The van der Waals surface area contributed by atoms with Gasteiger partial charge in [-0.05, 0) is 31.4 Å². The summed E-state index contributed by atoms with van der Waals surface area (Å²) in [5.41, 5.74) is 2.48. The number of hydrogen-bond donors (Lipinski definition) is 0. The lowest BCUT2D eigenvalue weighted by atomic mass is 10.0. The summed E-state index contributed by atoms with van der Waals surface area (Å²) < 4.78 is 31.5. The predicted molar refractivity (Wildman–Crippen MR) is 94.9 cm³/mol. The van der Waals surface area contributed by atoms with Crippen LogP contribution in [-0.4, -0.2) is 34.7 Å². The summed E-state index contributed by atoms with van der Waals surface area (Å²) in [5.74, 6) is -1.31. The van der Waals surface area contributed by atoms with Gasteiger partial charge in [-0.15, -0.1) is 0 Å². The van der Waals surface area contributed by atoms with Gasteiger partial charge in [0.1, 0.15) is 12.1 Å². The summed E-state index contributed by atoms with van der Waals surface area (Å²) in [4.78, 5) is 26.1. The average Bonchev–Trinajstić information content (AvgIpc) is 3.06. The number of ether oxygens (including phenoxy) is 1. The van der Waals surface area contributed by atoms with Crippen LogP contribution in [0.2, 0.25) is 0 Å². The van der Waals surface area contributed by atoms with E-state index in [1.165, 1.54) is 11.8 Å². The molecule has 0 amide bonds. The average molecular weight is 377 g/mol. The van der Waals surface area contributed by atoms with E-state index in [0.29, 0.717) is 10.2 Å². The molecular formula is C19H21F2N3O3. The maximum absolute atomic E-state index is 13.1. The van der Waals surface area contributed by atoms with Crippen molar-refractivity contribution >= 4 is 17.4 Å². The molecule has 0 bridgehead atoms. The van der Waals surface area contributed by atoms with Crippen LogP contribution in [-0.2, 0) is 22.5 Å². The number of para-hydroxylation sites is 1. The molecule has 0 saturated carbocycles. The molecule has 144 valence electrons. The summed E-state index contributed by atoms with van der Waals surface area (Å²) in [6, 6.07) is 7.90. The quantitative estimate of drug-likeness (QED) is 0.421. The Morgan fingerprint density at radius 1 is 1.30 bits per heavy atom. The maximum atomic E-state index is 13.1. The standard InChI is InChI=1S/C19H21F2N3O3/c1-2-27-17(26)10-16(25)18-14(12-24(22-18)19(20)21)11-23-9-5-7-13-6-3-4-8-15(13)23/h3-4,6,8,12,19H,2,5,7,9-11H2,1H3. The predicted octanol–water partition coefficient (Wildman–Crippen LogP) is 3.37. The van der Waals surface area contributed by atoms with Crippen molar-refractivity contribution < 1.29 is 23.1 Å². The highest BCUT2D eigenvalue weighted by atomic mass is 19.3. The van der Waals surface area contributed by atoms with Gasteiger partial charge in [-0.25, -0.2) is 4.68 Å². The lowest BCUT2D eigenvalue weighted by Gasteiger charge is -2.31. The minimum atomic E-state index is -2.86. The first kappa shape index (κ1) is 19.0. The van der Waals surface area contributed by atoms with Crippen molar-refractivity contribution in [2.75, 3.05) is 18.1 Å². The zero-order chi connectivity index (χ0) is 19.4. The first-order chi connectivity index (χ1) is 13.0. The minimum Gasteiger partial charge on any atom is -0.466 e. The number of rotatable bonds is 7. The minimum absolute atomic E-state index is 0.105. The smallest absolute Gasteiger partial charge is 0.333 e. The monoisotopic (exact) mass is 377 g/mol. The molecule has 1 aromatic heterocycles. The van der Waals surface area contributed by atoms with E-state index in [1.54, 1.807) is 6.92 Å². The summed E-state index contributed by atoms with van der Waals surface area (Å²) in [7, 11) is 0. The van der Waals surface area contributed by atoms with E-state index in [-0.39, 0.29) is 18.8 Å². The zero-order valence-corrected chi connectivity index (χ0v) is 15.0. The number of carbonyl (C=O) groups is 2. The molecule has 3 rings (SSSR count). The molecule has 0 aliphatic carbocycles. The molecule has 1 aliphatic heterocycles. The third kappa shape index (κ3) is 4.32. The van der Waals surface area contributed by atoms with Crippen LogP contribution in [0.1, 0.15) is 47.9 Å². The molecule has 0 N–H and O–H groups in total. The van der Waals surface area contributed by atoms with Crippen LogP contribution in [0.5, 0.6) is 0 Å². The molecule has 0 spiro atoms. The van der Waals surface area contributed by atoms with Crippen molar-refractivity contribution in [3.05, 3.63) is 47.3 Å². The van der Waals surface area contributed by atoms with E-state index in [9.17, 15) is 18.4 Å². The van der Waals surface area contributed by atoms with Crippen LogP contribution in [0.3, 0.4) is 0 Å². The Balaban J connectivity index is 1.87. The van der Waals surface area contributed by atoms with E-state index < -0.39 is 24.7 Å². The number of hydrogen-bond acceptors (Lipinski definition) is 5. The van der Waals surface area contributed by atoms with Gasteiger partial charge in [0.2, 0.25) is 0 Å². The summed E-state index contributed by atoms with van der Waals surface area (Å²) in [6.45, 7) is -0.0560. The molecule has 0 atom stereocenters. The van der Waals surface area contributed by atoms with Crippen molar-refractivity contribution in [2.45, 2.75) is 39.3 Å². The van der Waals surface area contributed by atoms with Crippen molar-refractivity contribution in [1.82, 2.24) is 9.78 Å². The Morgan fingerprint density at radius 3 is 2.81 bits per heavy atom. The number of anilines is 1. The Kier molecular flexibility index (Phi) is 5.83. The van der Waals surface area contributed by atoms with Crippen LogP contribution >= 0.6 is 0 Å². The highest BCUT2D eigenvalue weighted by Gasteiger charge is 2.25. The van der Waals surface area contributed by atoms with Crippen LogP contribution in [0.15, 0.2) is 30.5 Å². The molecule has 0 saturated heterocycles. The largest absolute Gasteiger partial charge is 0.466 e. The van der Waals surface area contributed by atoms with E-state index in [2.05, 4.69) is 5.10 Å². The Hall–Kier alpha value is -2.77. The molecular weight excluding hydrogens is 356 g/mol. The van der Waals surface area contributed by atoms with E-state index >= 15 is 0 Å². The SMILES string of the molecule is CCOC(=O)CC(=O)c1nn(C(F)F)cc1CN1CCCc2ccccc21. The summed E-state index contributed by atoms with van der Waals surface area (Å²) in [5, 5.41) is 3.73. The molecule has 6 nitrogen and oxygen atoms in total. The van der Waals surface area contributed by atoms with E-state index in [1.807, 2.05) is 29.2 Å². The second-order valence-corrected chi connectivity index (χ2v) is 6.32. The molecule has 0 radical (unpaired) electrons. The van der Waals surface area contributed by atoms with Crippen LogP contribution in [0.4, 0.5) is 14.5 Å². The number of esters is 1. The molecule has 0 unspecified atom stereocenters. The van der Waals surface area contributed by atoms with Gasteiger partial charge in [-0.2, -0.15) is 13.9 Å². The highest BCUT2D eigenvalue weighted by Crippen LogP contribution is 2.29. The molecule has 2 aromatic rings. The van der Waals surface area contributed by atoms with Gasteiger partial charge in [0.05, 0.1) is 6.61 Å². The molecule has 1 aromatic carbocycles. The molecule has 1 aliphatic rings. The second kappa shape index (κ2) is 8.28. The van der Waals surface area contributed by atoms with Crippen LogP contribution < -0.4 is 4.90 Å². The number of Topliss-reactive ketones (excluding diaryl/α,β-unsaturated/α-hetero) is 1. The van der Waals surface area contributed by atoms with Crippen LogP contribution in [0.25, 0.3) is 0 Å². The zero-order valence-electron chi connectivity index (χ0n) is 15.0. The molecule has 27 heavy (non-hydrogen) atoms. The van der Waals surface area contributed by atoms with Crippen LogP contribution in [0, 0.1) is 0 Å². The van der Waals surface area contributed by atoms with Crippen molar-refractivity contribution in [2.24, 2.45) is 0 Å². The van der Waals surface area contributed by atoms with Gasteiger partial charge in [0.15, 0.2) is 5.78 Å². The number of aryl methyl sites for hydroxylation is 1. The summed E-state index contributed by atoms with van der Waals surface area (Å²) in [6.07, 6.45) is 2.56. The third-order valence-electron chi connectivity index (χ3n) is 4.45. The van der Waals surface area contributed by atoms with Crippen molar-refractivity contribution in [3.8, 4) is 0 Å². The number of carbonyl (C=O) groups excluding carboxylic acids is 2. The number of aromatic nitrogens is 2. The van der Waals surface area contributed by atoms with Gasteiger partial charge in [-0.1, -0.05) is 18.2 Å². The van der Waals surface area contributed by atoms with Gasteiger partial charge < -0.3 is 9.64 Å².